The van der Waals surface area contributed by atoms with Gasteiger partial charge in [-0.2, -0.15) is 0 Å². The second-order valence-corrected chi connectivity index (χ2v) is 9.24. The minimum Gasteiger partial charge on any atom is -0.481 e. The third-order valence-electron chi connectivity index (χ3n) is 6.81. The van der Waals surface area contributed by atoms with Crippen molar-refractivity contribution in [3.05, 3.63) is 47.6 Å². The van der Waals surface area contributed by atoms with Crippen LogP contribution >= 0.6 is 0 Å². The monoisotopic (exact) mass is 412 g/mol. The van der Waals surface area contributed by atoms with Gasteiger partial charge in [-0.05, 0) is 48.7 Å². The maximum Gasteiger partial charge on any atom is 0.303 e. The third-order valence-corrected chi connectivity index (χ3v) is 6.81. The zero-order chi connectivity index (χ0) is 21.4. The second kappa shape index (κ2) is 15.3. The first-order valence-corrected chi connectivity index (χ1v) is 12.7. The molecule has 0 aromatic rings. The molecule has 0 saturated heterocycles. The van der Waals surface area contributed by atoms with E-state index in [0.717, 1.165) is 18.8 Å². The standard InChI is InChI=1S/C28H44O2/c1-2-3-4-5-6-7-8-9-12-17-24(18-14-11-16-21-28(29)30)27-23-22-25-19-13-10-15-20-26(25)27/h10,13,15,19-20,22,24,27H,2-9,11-12,14,16-18,21,23H2,1H3,(H,29,30). The van der Waals surface area contributed by atoms with E-state index in [2.05, 4.69) is 43.4 Å². The first kappa shape index (κ1) is 24.7. The van der Waals surface area contributed by atoms with Crippen molar-refractivity contribution in [1.82, 2.24) is 0 Å². The largest absolute Gasteiger partial charge is 0.481 e. The van der Waals surface area contributed by atoms with Crippen LogP contribution in [0.25, 0.3) is 0 Å². The molecule has 0 aliphatic heterocycles. The zero-order valence-corrected chi connectivity index (χ0v) is 19.3. The molecule has 0 saturated carbocycles. The van der Waals surface area contributed by atoms with Gasteiger partial charge in [-0.3, -0.25) is 4.79 Å². The summed E-state index contributed by atoms with van der Waals surface area (Å²) in [4.78, 5) is 10.8. The third kappa shape index (κ3) is 9.49. The molecule has 0 spiro atoms. The molecule has 2 rings (SSSR count). The number of unbranched alkanes of at least 4 members (excludes halogenated alkanes) is 10. The molecule has 2 unspecified atom stereocenters. The zero-order valence-electron chi connectivity index (χ0n) is 19.3. The molecule has 30 heavy (non-hydrogen) atoms. The lowest BCUT2D eigenvalue weighted by molar-refractivity contribution is -0.137. The molecule has 0 heterocycles. The van der Waals surface area contributed by atoms with Crippen molar-refractivity contribution < 1.29 is 9.90 Å². The average Bonchev–Trinajstić information content (AvgIpc) is 2.98. The van der Waals surface area contributed by atoms with Crippen LogP contribution < -0.4 is 0 Å². The van der Waals surface area contributed by atoms with Crippen molar-refractivity contribution in [2.24, 2.45) is 11.8 Å². The molecule has 0 amide bonds. The van der Waals surface area contributed by atoms with Crippen LogP contribution in [0, 0.1) is 11.8 Å². The lowest BCUT2D eigenvalue weighted by Gasteiger charge is -2.26. The molecule has 1 N–H and O–H groups in total. The van der Waals surface area contributed by atoms with Gasteiger partial charge in [-0.25, -0.2) is 0 Å². The van der Waals surface area contributed by atoms with Crippen molar-refractivity contribution in [2.75, 3.05) is 0 Å². The predicted molar refractivity (Wildman–Crippen MR) is 129 cm³/mol. The molecule has 0 fully saturated rings. The molecule has 2 aliphatic rings. The summed E-state index contributed by atoms with van der Waals surface area (Å²) in [5.74, 6) is 0.730. The van der Waals surface area contributed by atoms with Crippen LogP contribution in [0.3, 0.4) is 0 Å². The number of hydrogen-bond acceptors (Lipinski definition) is 1. The Hall–Kier alpha value is -1.57. The quantitative estimate of drug-likeness (QED) is 0.243. The molecule has 0 bridgehead atoms. The van der Waals surface area contributed by atoms with Crippen LogP contribution in [-0.2, 0) is 4.79 Å². The van der Waals surface area contributed by atoms with E-state index in [1.54, 1.807) is 0 Å². The van der Waals surface area contributed by atoms with Crippen molar-refractivity contribution in [1.29, 1.82) is 0 Å². The van der Waals surface area contributed by atoms with E-state index in [1.165, 1.54) is 94.6 Å². The normalized spacial score (nSPS) is 18.6. The number of allylic oxidation sites excluding steroid dienone is 8. The van der Waals surface area contributed by atoms with Crippen LogP contribution in [0.1, 0.15) is 110 Å². The van der Waals surface area contributed by atoms with Gasteiger partial charge >= 0.3 is 5.97 Å². The van der Waals surface area contributed by atoms with Gasteiger partial charge in [0.1, 0.15) is 0 Å². The summed E-state index contributed by atoms with van der Waals surface area (Å²) in [6, 6.07) is 0. The SMILES string of the molecule is CCCCCCCCCCCC(CCCCCC(=O)O)C1CC=C2C=CC=CC=C21. The van der Waals surface area contributed by atoms with Crippen molar-refractivity contribution >= 4 is 5.97 Å². The number of fused-ring (bicyclic) bond motifs is 1. The Bertz CT molecular complexity index is 608. The van der Waals surface area contributed by atoms with E-state index in [0.29, 0.717) is 12.3 Å². The van der Waals surface area contributed by atoms with Gasteiger partial charge in [0.05, 0.1) is 0 Å². The van der Waals surface area contributed by atoms with E-state index in [4.69, 9.17) is 5.11 Å². The van der Waals surface area contributed by atoms with E-state index < -0.39 is 5.97 Å². The van der Waals surface area contributed by atoms with Crippen molar-refractivity contribution in [3.8, 4) is 0 Å². The Morgan fingerprint density at radius 1 is 0.900 bits per heavy atom. The summed E-state index contributed by atoms with van der Waals surface area (Å²) in [5.41, 5.74) is 2.96. The maximum absolute atomic E-state index is 10.8. The summed E-state index contributed by atoms with van der Waals surface area (Å²) in [5, 5.41) is 8.87. The Labute approximate surface area is 185 Å². The van der Waals surface area contributed by atoms with E-state index in [1.807, 2.05) is 0 Å². The van der Waals surface area contributed by atoms with Crippen LogP contribution in [0.4, 0.5) is 0 Å². The van der Waals surface area contributed by atoms with Crippen LogP contribution in [-0.4, -0.2) is 11.1 Å². The van der Waals surface area contributed by atoms with Crippen LogP contribution in [0.15, 0.2) is 47.6 Å². The van der Waals surface area contributed by atoms with Gasteiger partial charge in [0, 0.05) is 6.42 Å². The highest BCUT2D eigenvalue weighted by Gasteiger charge is 2.29. The summed E-state index contributed by atoms with van der Waals surface area (Å²) >= 11 is 0. The molecule has 2 aliphatic carbocycles. The summed E-state index contributed by atoms with van der Waals surface area (Å²) in [6.07, 6.45) is 33.1. The molecule has 0 aromatic heterocycles. The number of rotatable bonds is 17. The van der Waals surface area contributed by atoms with E-state index in [9.17, 15) is 4.79 Å². The molecule has 0 radical (unpaired) electrons. The van der Waals surface area contributed by atoms with Gasteiger partial charge in [-0.15, -0.1) is 0 Å². The Balaban J connectivity index is 1.75. The minimum atomic E-state index is -0.659. The smallest absolute Gasteiger partial charge is 0.303 e. The number of aliphatic carboxylic acids is 1. The lowest BCUT2D eigenvalue weighted by atomic mass is 9.79. The first-order chi connectivity index (χ1) is 14.7. The fraction of sp³-hybridized carbons (Fsp3) is 0.679. The number of hydrogen-bond donors (Lipinski definition) is 1. The molecular formula is C28H44O2. The summed E-state index contributed by atoms with van der Waals surface area (Å²) < 4.78 is 0. The van der Waals surface area contributed by atoms with Crippen LogP contribution in [0.2, 0.25) is 0 Å². The summed E-state index contributed by atoms with van der Waals surface area (Å²) in [6.45, 7) is 2.28. The van der Waals surface area contributed by atoms with E-state index >= 15 is 0 Å². The highest BCUT2D eigenvalue weighted by atomic mass is 16.4. The average molecular weight is 413 g/mol. The molecular weight excluding hydrogens is 368 g/mol. The van der Waals surface area contributed by atoms with E-state index in [-0.39, 0.29) is 0 Å². The van der Waals surface area contributed by atoms with Gasteiger partial charge in [0.15, 0.2) is 0 Å². The van der Waals surface area contributed by atoms with Gasteiger partial charge < -0.3 is 5.11 Å². The van der Waals surface area contributed by atoms with Gasteiger partial charge in [0.2, 0.25) is 0 Å². The molecule has 2 nitrogen and oxygen atoms in total. The van der Waals surface area contributed by atoms with Crippen molar-refractivity contribution in [3.63, 3.8) is 0 Å². The fourth-order valence-electron chi connectivity index (χ4n) is 5.05. The number of carbonyl (C=O) groups is 1. The Kier molecular flexibility index (Phi) is 12.6. The van der Waals surface area contributed by atoms with Crippen molar-refractivity contribution in [2.45, 2.75) is 110 Å². The molecule has 2 heteroatoms. The highest BCUT2D eigenvalue weighted by molar-refractivity contribution is 5.66. The van der Waals surface area contributed by atoms with Crippen LogP contribution in [0.5, 0.6) is 0 Å². The molecule has 168 valence electrons. The minimum absolute atomic E-state index is 0.318. The van der Waals surface area contributed by atoms with Gasteiger partial charge in [0.25, 0.3) is 0 Å². The molecule has 0 aromatic carbocycles. The fourth-order valence-corrected chi connectivity index (χ4v) is 5.05. The topological polar surface area (TPSA) is 37.3 Å². The Morgan fingerprint density at radius 3 is 2.20 bits per heavy atom. The maximum atomic E-state index is 10.8. The Morgan fingerprint density at radius 2 is 1.53 bits per heavy atom. The first-order valence-electron chi connectivity index (χ1n) is 12.7. The number of carboxylic acid groups (broad SMARTS) is 1. The lowest BCUT2D eigenvalue weighted by Crippen LogP contribution is -2.15. The molecule has 2 atom stereocenters. The summed E-state index contributed by atoms with van der Waals surface area (Å²) in [7, 11) is 0. The highest BCUT2D eigenvalue weighted by Crippen LogP contribution is 2.42. The number of carboxylic acids is 1. The predicted octanol–water partition coefficient (Wildman–Crippen LogP) is 8.56. The van der Waals surface area contributed by atoms with Gasteiger partial charge in [-0.1, -0.05) is 114 Å². The second-order valence-electron chi connectivity index (χ2n) is 9.24.